The molecule has 9 heteroatoms. The highest BCUT2D eigenvalue weighted by Crippen LogP contribution is 2.36. The summed E-state index contributed by atoms with van der Waals surface area (Å²) in [5, 5.41) is 38.7. The molecule has 0 aliphatic carbocycles. The van der Waals surface area contributed by atoms with Gasteiger partial charge in [-0.1, -0.05) is 11.6 Å². The molecule has 0 heterocycles. The average molecular weight is 306 g/mol. The van der Waals surface area contributed by atoms with Crippen molar-refractivity contribution >= 4 is 23.3 Å². The number of carbonyl (C=O) groups is 1. The molecule has 1 rings (SSSR count). The topological polar surface area (TPSA) is 130 Å². The Kier molecular flexibility index (Phi) is 5.26. The lowest BCUT2D eigenvalue weighted by molar-refractivity contribution is -0.385. The third-order valence-corrected chi connectivity index (χ3v) is 2.89. The molecular weight excluding hydrogens is 294 g/mol. The molecule has 0 fully saturated rings. The fraction of sp³-hybridized carbons (Fsp3) is 0.364. The maximum absolute atomic E-state index is 10.9. The zero-order chi connectivity index (χ0) is 15.4. The van der Waals surface area contributed by atoms with Crippen molar-refractivity contribution in [1.29, 1.82) is 0 Å². The molecule has 0 saturated heterocycles. The molecule has 20 heavy (non-hydrogen) atoms. The lowest BCUT2D eigenvalue weighted by Gasteiger charge is -2.18. The number of methoxy groups -OCH3 is 1. The van der Waals surface area contributed by atoms with Crippen molar-refractivity contribution in [2.75, 3.05) is 7.11 Å². The zero-order valence-electron chi connectivity index (χ0n) is 10.3. The van der Waals surface area contributed by atoms with E-state index < -0.39 is 35.2 Å². The van der Waals surface area contributed by atoms with E-state index in [9.17, 15) is 25.1 Å². The van der Waals surface area contributed by atoms with Gasteiger partial charge in [0, 0.05) is 17.7 Å². The molecular formula is C11H12ClNO7. The number of hydrogen-bond acceptors (Lipinski definition) is 6. The summed E-state index contributed by atoms with van der Waals surface area (Å²) in [6.07, 6.45) is -4.03. The highest BCUT2D eigenvalue weighted by atomic mass is 35.5. The molecule has 0 spiro atoms. The lowest BCUT2D eigenvalue weighted by atomic mass is 10.0. The zero-order valence-corrected chi connectivity index (χ0v) is 11.1. The Bertz CT molecular complexity index is 534. The van der Waals surface area contributed by atoms with Gasteiger partial charge in [-0.3, -0.25) is 14.9 Å². The molecule has 0 aliphatic rings. The molecule has 8 nitrogen and oxygen atoms in total. The Hall–Kier alpha value is -1.90. The standard InChI is InChI=1S/C11H12ClNO7/c1-20-9-3-6(12)5(2-7(9)13(18)19)11(17)8(14)4-10(15)16/h2-3,8,11,14,17H,4H2,1H3,(H,15,16). The minimum atomic E-state index is -1.66. The highest BCUT2D eigenvalue weighted by molar-refractivity contribution is 6.31. The fourth-order valence-corrected chi connectivity index (χ4v) is 1.86. The summed E-state index contributed by atoms with van der Waals surface area (Å²) < 4.78 is 4.78. The number of aliphatic hydroxyl groups is 2. The third-order valence-electron chi connectivity index (χ3n) is 2.56. The van der Waals surface area contributed by atoms with Crippen LogP contribution in [0.3, 0.4) is 0 Å². The number of benzene rings is 1. The van der Waals surface area contributed by atoms with Crippen LogP contribution in [0.25, 0.3) is 0 Å². The number of ether oxygens (including phenoxy) is 1. The van der Waals surface area contributed by atoms with E-state index in [1.165, 1.54) is 7.11 Å². The summed E-state index contributed by atoms with van der Waals surface area (Å²) in [7, 11) is 1.22. The van der Waals surface area contributed by atoms with Crippen LogP contribution in [-0.2, 0) is 4.79 Å². The van der Waals surface area contributed by atoms with Gasteiger partial charge in [0.05, 0.1) is 29.6 Å². The largest absolute Gasteiger partial charge is 0.490 e. The first kappa shape index (κ1) is 16.2. The summed E-state index contributed by atoms with van der Waals surface area (Å²) >= 11 is 5.84. The van der Waals surface area contributed by atoms with Crippen molar-refractivity contribution < 1.29 is 29.8 Å². The van der Waals surface area contributed by atoms with Crippen LogP contribution < -0.4 is 4.74 Å². The smallest absolute Gasteiger partial charge is 0.311 e. The fourth-order valence-electron chi connectivity index (χ4n) is 1.59. The van der Waals surface area contributed by atoms with Crippen LogP contribution >= 0.6 is 11.6 Å². The molecule has 1 aromatic rings. The van der Waals surface area contributed by atoms with E-state index in [1.807, 2.05) is 0 Å². The number of aliphatic carboxylic acids is 1. The Labute approximate surface area is 118 Å². The monoisotopic (exact) mass is 305 g/mol. The number of rotatable bonds is 6. The summed E-state index contributed by atoms with van der Waals surface area (Å²) in [6, 6.07) is 2.06. The first-order chi connectivity index (χ1) is 9.27. The second-order valence-electron chi connectivity index (χ2n) is 3.91. The molecule has 1 aromatic carbocycles. The van der Waals surface area contributed by atoms with Crippen molar-refractivity contribution in [2.24, 2.45) is 0 Å². The van der Waals surface area contributed by atoms with E-state index in [-0.39, 0.29) is 16.3 Å². The summed E-state index contributed by atoms with van der Waals surface area (Å²) in [5.41, 5.74) is -0.596. The van der Waals surface area contributed by atoms with Gasteiger partial charge in [-0.2, -0.15) is 0 Å². The number of nitro benzene ring substituents is 1. The van der Waals surface area contributed by atoms with E-state index in [0.29, 0.717) is 0 Å². The Morgan fingerprint density at radius 1 is 1.50 bits per heavy atom. The maximum atomic E-state index is 10.9. The Morgan fingerprint density at radius 3 is 2.55 bits per heavy atom. The molecule has 0 radical (unpaired) electrons. The summed E-state index contributed by atoms with van der Waals surface area (Å²) in [6.45, 7) is 0. The van der Waals surface area contributed by atoms with Crippen molar-refractivity contribution in [3.05, 3.63) is 32.8 Å². The van der Waals surface area contributed by atoms with Crippen LogP contribution in [0.5, 0.6) is 5.75 Å². The molecule has 0 saturated carbocycles. The van der Waals surface area contributed by atoms with Gasteiger partial charge in [0.15, 0.2) is 5.75 Å². The molecule has 2 atom stereocenters. The minimum Gasteiger partial charge on any atom is -0.490 e. The van der Waals surface area contributed by atoms with Gasteiger partial charge in [0.2, 0.25) is 0 Å². The predicted octanol–water partition coefficient (Wildman–Crippen LogP) is 1.13. The van der Waals surface area contributed by atoms with E-state index in [4.69, 9.17) is 21.4 Å². The van der Waals surface area contributed by atoms with Gasteiger partial charge in [-0.05, 0) is 0 Å². The van der Waals surface area contributed by atoms with Gasteiger partial charge < -0.3 is 20.1 Å². The number of carboxylic acid groups (broad SMARTS) is 1. The van der Waals surface area contributed by atoms with Crippen LogP contribution in [0, 0.1) is 10.1 Å². The SMILES string of the molecule is COc1cc(Cl)c(C(O)C(O)CC(=O)O)cc1[N+](=O)[O-]. The summed E-state index contributed by atoms with van der Waals surface area (Å²) in [4.78, 5) is 20.6. The van der Waals surface area contributed by atoms with Crippen LogP contribution in [0.15, 0.2) is 12.1 Å². The molecule has 0 bridgehead atoms. The first-order valence-corrected chi connectivity index (χ1v) is 5.75. The van der Waals surface area contributed by atoms with Crippen molar-refractivity contribution in [3.63, 3.8) is 0 Å². The van der Waals surface area contributed by atoms with Crippen molar-refractivity contribution in [1.82, 2.24) is 0 Å². The van der Waals surface area contributed by atoms with E-state index >= 15 is 0 Å². The second kappa shape index (κ2) is 6.51. The van der Waals surface area contributed by atoms with Crippen LogP contribution in [-0.4, -0.2) is 39.4 Å². The number of nitro groups is 1. The van der Waals surface area contributed by atoms with Crippen molar-refractivity contribution in [3.8, 4) is 5.75 Å². The molecule has 0 aromatic heterocycles. The van der Waals surface area contributed by atoms with Crippen LogP contribution in [0.4, 0.5) is 5.69 Å². The molecule has 0 aliphatic heterocycles. The van der Waals surface area contributed by atoms with Gasteiger partial charge in [0.1, 0.15) is 6.10 Å². The Balaban J connectivity index is 3.21. The van der Waals surface area contributed by atoms with E-state index in [2.05, 4.69) is 0 Å². The van der Waals surface area contributed by atoms with E-state index in [1.54, 1.807) is 0 Å². The predicted molar refractivity (Wildman–Crippen MR) is 67.9 cm³/mol. The van der Waals surface area contributed by atoms with Crippen LogP contribution in [0.1, 0.15) is 18.1 Å². The average Bonchev–Trinajstić information content (AvgIpc) is 2.36. The minimum absolute atomic E-state index is 0.0793. The first-order valence-electron chi connectivity index (χ1n) is 5.37. The number of hydrogen-bond donors (Lipinski definition) is 3. The van der Waals surface area contributed by atoms with Gasteiger partial charge in [-0.15, -0.1) is 0 Å². The molecule has 3 N–H and O–H groups in total. The van der Waals surface area contributed by atoms with Gasteiger partial charge >= 0.3 is 11.7 Å². The van der Waals surface area contributed by atoms with Gasteiger partial charge in [-0.25, -0.2) is 0 Å². The van der Waals surface area contributed by atoms with E-state index in [0.717, 1.165) is 12.1 Å². The quantitative estimate of drug-likeness (QED) is 0.530. The third kappa shape index (κ3) is 3.56. The normalized spacial score (nSPS) is 13.6. The lowest BCUT2D eigenvalue weighted by Crippen LogP contribution is -2.22. The molecule has 110 valence electrons. The van der Waals surface area contributed by atoms with Gasteiger partial charge in [0.25, 0.3) is 0 Å². The molecule has 2 unspecified atom stereocenters. The second-order valence-corrected chi connectivity index (χ2v) is 4.32. The Morgan fingerprint density at radius 2 is 2.10 bits per heavy atom. The number of aliphatic hydroxyl groups excluding tert-OH is 2. The summed E-state index contributed by atoms with van der Waals surface area (Å²) in [5.74, 6) is -1.43. The number of carboxylic acids is 1. The number of nitrogens with zero attached hydrogens (tertiary/aromatic N) is 1. The number of halogens is 1. The maximum Gasteiger partial charge on any atom is 0.311 e. The van der Waals surface area contributed by atoms with Crippen molar-refractivity contribution in [2.45, 2.75) is 18.6 Å². The highest BCUT2D eigenvalue weighted by Gasteiger charge is 2.27. The molecule has 0 amide bonds. The van der Waals surface area contributed by atoms with Crippen LogP contribution in [0.2, 0.25) is 5.02 Å².